The van der Waals surface area contributed by atoms with E-state index in [4.69, 9.17) is 0 Å². The number of nitrogens with zero attached hydrogens (tertiary/aromatic N) is 2. The first-order chi connectivity index (χ1) is 7.83. The summed E-state index contributed by atoms with van der Waals surface area (Å²) in [6, 6.07) is 7.95. The normalized spacial score (nSPS) is 10.8. The molecule has 0 unspecified atom stereocenters. The lowest BCUT2D eigenvalue weighted by atomic mass is 10.3. The van der Waals surface area contributed by atoms with Crippen LogP contribution in [0, 0.1) is 0 Å². The van der Waals surface area contributed by atoms with Crippen molar-refractivity contribution < 1.29 is 0 Å². The summed E-state index contributed by atoms with van der Waals surface area (Å²) in [4.78, 5) is 4.38. The number of fused-ring (bicyclic) bond motifs is 1. The van der Waals surface area contributed by atoms with Gasteiger partial charge >= 0.3 is 0 Å². The number of hydrogen-bond donors (Lipinski definition) is 2. The molecule has 3 aromatic rings. The van der Waals surface area contributed by atoms with Gasteiger partial charge in [0, 0.05) is 4.47 Å². The largest absolute Gasteiger partial charge is 0.331 e. The van der Waals surface area contributed by atoms with Crippen LogP contribution in [0.5, 0.6) is 0 Å². The summed E-state index contributed by atoms with van der Waals surface area (Å²) in [5, 5.41) is 10.9. The number of benzene rings is 1. The van der Waals surface area contributed by atoms with Gasteiger partial charge in [0.25, 0.3) is 0 Å². The third-order valence-corrected chi connectivity index (χ3v) is 3.72. The first-order valence-corrected chi connectivity index (χ1v) is 6.25. The minimum absolute atomic E-state index is 0.819. The highest BCUT2D eigenvalue weighted by molar-refractivity contribution is 9.10. The van der Waals surface area contributed by atoms with E-state index in [2.05, 4.69) is 36.4 Å². The van der Waals surface area contributed by atoms with Crippen LogP contribution in [0.3, 0.4) is 0 Å². The molecule has 2 aromatic heterocycles. The lowest BCUT2D eigenvalue weighted by Crippen LogP contribution is -1.89. The van der Waals surface area contributed by atoms with Crippen LogP contribution in [-0.4, -0.2) is 15.2 Å². The van der Waals surface area contributed by atoms with Crippen molar-refractivity contribution in [1.82, 2.24) is 15.2 Å². The molecule has 0 amide bonds. The Morgan fingerprint density at radius 2 is 2.19 bits per heavy atom. The van der Waals surface area contributed by atoms with Crippen molar-refractivity contribution in [3.8, 4) is 0 Å². The number of para-hydroxylation sites is 1. The third-order valence-electron chi connectivity index (χ3n) is 2.12. The van der Waals surface area contributed by atoms with Gasteiger partial charge in [0.15, 0.2) is 10.8 Å². The summed E-state index contributed by atoms with van der Waals surface area (Å²) in [6.45, 7) is 0. The second-order valence-corrected chi connectivity index (χ2v) is 5.09. The van der Waals surface area contributed by atoms with Crippen molar-refractivity contribution in [3.05, 3.63) is 34.9 Å². The number of thiazole rings is 1. The molecule has 4 nitrogen and oxygen atoms in total. The Kier molecular flexibility index (Phi) is 2.37. The second-order valence-electron chi connectivity index (χ2n) is 3.21. The molecule has 0 fully saturated rings. The minimum Gasteiger partial charge on any atom is -0.331 e. The van der Waals surface area contributed by atoms with Gasteiger partial charge in [-0.3, -0.25) is 5.10 Å². The molecular weight excluding hydrogens is 288 g/mol. The van der Waals surface area contributed by atoms with Gasteiger partial charge < -0.3 is 5.32 Å². The summed E-state index contributed by atoms with van der Waals surface area (Å²) in [7, 11) is 0. The van der Waals surface area contributed by atoms with Gasteiger partial charge in [-0.2, -0.15) is 5.10 Å². The Bertz CT molecular complexity index is 602. The van der Waals surface area contributed by atoms with Crippen molar-refractivity contribution in [2.75, 3.05) is 5.32 Å². The van der Waals surface area contributed by atoms with Gasteiger partial charge in [-0.05, 0) is 28.1 Å². The van der Waals surface area contributed by atoms with Gasteiger partial charge in [-0.1, -0.05) is 23.5 Å². The van der Waals surface area contributed by atoms with Gasteiger partial charge in [-0.25, -0.2) is 4.98 Å². The second kappa shape index (κ2) is 3.88. The lowest BCUT2D eigenvalue weighted by molar-refractivity contribution is 1.10. The zero-order valence-corrected chi connectivity index (χ0v) is 10.5. The van der Waals surface area contributed by atoms with Crippen LogP contribution in [0.2, 0.25) is 0 Å². The van der Waals surface area contributed by atoms with Gasteiger partial charge in [0.2, 0.25) is 0 Å². The molecule has 80 valence electrons. The maximum Gasteiger partial charge on any atom is 0.189 e. The zero-order valence-electron chi connectivity index (χ0n) is 8.07. The number of hydrogen-bond acceptors (Lipinski definition) is 4. The predicted octanol–water partition coefficient (Wildman–Crippen LogP) is 3.53. The number of rotatable bonds is 2. The SMILES string of the molecule is Brc1ccccc1Nc1nc2[nH]ncc2s1. The molecule has 0 aliphatic carbocycles. The first kappa shape index (κ1) is 9.80. The van der Waals surface area contributed by atoms with Crippen molar-refractivity contribution in [2.45, 2.75) is 0 Å². The number of aromatic amines is 1. The van der Waals surface area contributed by atoms with E-state index in [1.165, 1.54) is 0 Å². The molecule has 0 spiro atoms. The average Bonchev–Trinajstić information content (AvgIpc) is 2.81. The van der Waals surface area contributed by atoms with Crippen LogP contribution >= 0.6 is 27.3 Å². The fourth-order valence-electron chi connectivity index (χ4n) is 1.38. The molecule has 0 aliphatic rings. The average molecular weight is 295 g/mol. The summed E-state index contributed by atoms with van der Waals surface area (Å²) in [6.07, 6.45) is 1.78. The number of halogens is 1. The Morgan fingerprint density at radius 3 is 3.00 bits per heavy atom. The number of H-pyrrole nitrogens is 1. The van der Waals surface area contributed by atoms with Crippen LogP contribution in [-0.2, 0) is 0 Å². The van der Waals surface area contributed by atoms with E-state index in [1.807, 2.05) is 24.3 Å². The quantitative estimate of drug-likeness (QED) is 0.760. The van der Waals surface area contributed by atoms with Crippen LogP contribution in [0.15, 0.2) is 34.9 Å². The van der Waals surface area contributed by atoms with E-state index in [9.17, 15) is 0 Å². The molecular formula is C10H7BrN4S. The monoisotopic (exact) mass is 294 g/mol. The van der Waals surface area contributed by atoms with Gasteiger partial charge in [-0.15, -0.1) is 0 Å². The van der Waals surface area contributed by atoms with Crippen LogP contribution in [0.1, 0.15) is 0 Å². The Morgan fingerprint density at radius 1 is 1.31 bits per heavy atom. The fraction of sp³-hybridized carbons (Fsp3) is 0. The van der Waals surface area contributed by atoms with E-state index >= 15 is 0 Å². The molecule has 0 radical (unpaired) electrons. The number of nitrogens with one attached hydrogen (secondary N) is 2. The predicted molar refractivity (Wildman–Crippen MR) is 69.2 cm³/mol. The summed E-state index contributed by atoms with van der Waals surface area (Å²) < 4.78 is 2.07. The smallest absolute Gasteiger partial charge is 0.189 e. The molecule has 1 aromatic carbocycles. The molecule has 6 heteroatoms. The molecule has 0 aliphatic heterocycles. The molecule has 16 heavy (non-hydrogen) atoms. The lowest BCUT2D eigenvalue weighted by Gasteiger charge is -2.03. The molecule has 0 saturated heterocycles. The standard InChI is InChI=1S/C10H7BrN4S/c11-6-3-1-2-4-7(6)13-10-14-9-8(16-10)5-12-15-9/h1-5H,(H2,12,13,14,15). The van der Waals surface area contributed by atoms with E-state index in [-0.39, 0.29) is 0 Å². The van der Waals surface area contributed by atoms with E-state index in [0.717, 1.165) is 25.6 Å². The van der Waals surface area contributed by atoms with Crippen LogP contribution < -0.4 is 5.32 Å². The molecule has 2 N–H and O–H groups in total. The van der Waals surface area contributed by atoms with Crippen LogP contribution in [0.4, 0.5) is 10.8 Å². The topological polar surface area (TPSA) is 53.6 Å². The highest BCUT2D eigenvalue weighted by Crippen LogP contribution is 2.29. The highest BCUT2D eigenvalue weighted by atomic mass is 79.9. The molecule has 0 saturated carbocycles. The Hall–Kier alpha value is -1.40. The summed E-state index contributed by atoms with van der Waals surface area (Å²) in [5.41, 5.74) is 1.83. The maximum atomic E-state index is 4.38. The van der Waals surface area contributed by atoms with Crippen LogP contribution in [0.25, 0.3) is 10.3 Å². The maximum absolute atomic E-state index is 4.38. The molecule has 3 rings (SSSR count). The van der Waals surface area contributed by atoms with E-state index in [1.54, 1.807) is 17.5 Å². The Labute approximate surface area is 104 Å². The third kappa shape index (κ3) is 1.70. The number of aromatic nitrogens is 3. The summed E-state index contributed by atoms with van der Waals surface area (Å²) in [5.74, 6) is 0. The van der Waals surface area contributed by atoms with E-state index < -0.39 is 0 Å². The van der Waals surface area contributed by atoms with Gasteiger partial charge in [0.1, 0.15) is 0 Å². The van der Waals surface area contributed by atoms with Crippen molar-refractivity contribution in [1.29, 1.82) is 0 Å². The molecule has 2 heterocycles. The Balaban J connectivity index is 1.95. The summed E-state index contributed by atoms with van der Waals surface area (Å²) >= 11 is 5.05. The fourth-order valence-corrected chi connectivity index (χ4v) is 2.57. The highest BCUT2D eigenvalue weighted by Gasteiger charge is 2.06. The minimum atomic E-state index is 0.819. The first-order valence-electron chi connectivity index (χ1n) is 4.64. The van der Waals surface area contributed by atoms with E-state index in [0.29, 0.717) is 0 Å². The van der Waals surface area contributed by atoms with Crippen molar-refractivity contribution in [2.24, 2.45) is 0 Å². The molecule has 0 bridgehead atoms. The van der Waals surface area contributed by atoms with Crippen molar-refractivity contribution >= 4 is 48.4 Å². The molecule has 0 atom stereocenters. The van der Waals surface area contributed by atoms with Gasteiger partial charge in [0.05, 0.1) is 16.6 Å². The zero-order chi connectivity index (χ0) is 11.0. The number of anilines is 2. The van der Waals surface area contributed by atoms with Crippen molar-refractivity contribution in [3.63, 3.8) is 0 Å².